The highest BCUT2D eigenvalue weighted by Crippen LogP contribution is 2.16. The second-order valence-electron chi connectivity index (χ2n) is 5.73. The van der Waals surface area contributed by atoms with Crippen LogP contribution < -0.4 is 9.80 Å². The van der Waals surface area contributed by atoms with Gasteiger partial charge in [-0.1, -0.05) is 6.07 Å². The zero-order valence-electron chi connectivity index (χ0n) is 13.2. The molecular formula is C16H22N6. The zero-order valence-corrected chi connectivity index (χ0v) is 13.2. The summed E-state index contributed by atoms with van der Waals surface area (Å²) in [6.45, 7) is 4.91. The van der Waals surface area contributed by atoms with Crippen molar-refractivity contribution in [1.29, 1.82) is 0 Å². The van der Waals surface area contributed by atoms with Gasteiger partial charge in [-0.2, -0.15) is 0 Å². The maximum absolute atomic E-state index is 4.39. The SMILES string of the molecule is CN(C)c1ccc(N2CCN(Cc3ccccn3)CC2)nn1. The van der Waals surface area contributed by atoms with Crippen LogP contribution in [-0.2, 0) is 6.54 Å². The van der Waals surface area contributed by atoms with E-state index in [0.29, 0.717) is 0 Å². The average molecular weight is 298 g/mol. The van der Waals surface area contributed by atoms with Crippen LogP contribution in [0.5, 0.6) is 0 Å². The molecular weight excluding hydrogens is 276 g/mol. The van der Waals surface area contributed by atoms with Gasteiger partial charge in [0.2, 0.25) is 0 Å². The van der Waals surface area contributed by atoms with E-state index >= 15 is 0 Å². The van der Waals surface area contributed by atoms with Gasteiger partial charge in [0.1, 0.15) is 0 Å². The molecule has 0 radical (unpaired) electrons. The van der Waals surface area contributed by atoms with Crippen molar-refractivity contribution in [2.24, 2.45) is 0 Å². The summed E-state index contributed by atoms with van der Waals surface area (Å²) < 4.78 is 0. The van der Waals surface area contributed by atoms with Crippen molar-refractivity contribution in [2.45, 2.75) is 6.54 Å². The van der Waals surface area contributed by atoms with Gasteiger partial charge in [-0.3, -0.25) is 9.88 Å². The number of piperazine rings is 1. The fourth-order valence-electron chi connectivity index (χ4n) is 2.58. The van der Waals surface area contributed by atoms with Crippen LogP contribution in [0.2, 0.25) is 0 Å². The van der Waals surface area contributed by atoms with E-state index in [9.17, 15) is 0 Å². The van der Waals surface area contributed by atoms with Crippen molar-refractivity contribution in [3.8, 4) is 0 Å². The van der Waals surface area contributed by atoms with Crippen LogP contribution in [-0.4, -0.2) is 60.4 Å². The van der Waals surface area contributed by atoms with Crippen LogP contribution in [0.3, 0.4) is 0 Å². The molecule has 1 fully saturated rings. The Balaban J connectivity index is 1.55. The highest BCUT2D eigenvalue weighted by Gasteiger charge is 2.18. The molecule has 1 aliphatic heterocycles. The molecule has 0 atom stereocenters. The van der Waals surface area contributed by atoms with E-state index in [-0.39, 0.29) is 0 Å². The molecule has 0 bridgehead atoms. The van der Waals surface area contributed by atoms with Crippen LogP contribution in [0.25, 0.3) is 0 Å². The van der Waals surface area contributed by atoms with Crippen LogP contribution in [0.15, 0.2) is 36.5 Å². The van der Waals surface area contributed by atoms with Gasteiger partial charge in [-0.05, 0) is 24.3 Å². The van der Waals surface area contributed by atoms with E-state index in [1.165, 1.54) is 0 Å². The van der Waals surface area contributed by atoms with Gasteiger partial charge in [0, 0.05) is 53.0 Å². The highest BCUT2D eigenvalue weighted by molar-refractivity contribution is 5.44. The molecule has 3 heterocycles. The Labute approximate surface area is 131 Å². The summed E-state index contributed by atoms with van der Waals surface area (Å²) in [5, 5.41) is 8.59. The van der Waals surface area contributed by atoms with Crippen LogP contribution in [0.1, 0.15) is 5.69 Å². The summed E-state index contributed by atoms with van der Waals surface area (Å²) in [7, 11) is 3.94. The fourth-order valence-corrected chi connectivity index (χ4v) is 2.58. The number of anilines is 2. The topological polar surface area (TPSA) is 48.4 Å². The molecule has 2 aromatic heterocycles. The monoisotopic (exact) mass is 298 g/mol. The molecule has 0 aromatic carbocycles. The fraction of sp³-hybridized carbons (Fsp3) is 0.438. The number of nitrogens with zero attached hydrogens (tertiary/aromatic N) is 6. The van der Waals surface area contributed by atoms with Gasteiger partial charge < -0.3 is 9.80 Å². The zero-order chi connectivity index (χ0) is 15.4. The lowest BCUT2D eigenvalue weighted by molar-refractivity contribution is 0.246. The van der Waals surface area contributed by atoms with Gasteiger partial charge in [-0.25, -0.2) is 0 Å². The number of pyridine rings is 1. The predicted molar refractivity (Wildman–Crippen MR) is 88.1 cm³/mol. The largest absolute Gasteiger partial charge is 0.361 e. The van der Waals surface area contributed by atoms with Gasteiger partial charge in [0.25, 0.3) is 0 Å². The number of aromatic nitrogens is 3. The number of rotatable bonds is 4. The molecule has 1 saturated heterocycles. The lowest BCUT2D eigenvalue weighted by Gasteiger charge is -2.35. The molecule has 6 nitrogen and oxygen atoms in total. The number of hydrogen-bond donors (Lipinski definition) is 0. The summed E-state index contributed by atoms with van der Waals surface area (Å²) in [6, 6.07) is 10.1. The Morgan fingerprint density at radius 3 is 2.41 bits per heavy atom. The third kappa shape index (κ3) is 3.51. The maximum Gasteiger partial charge on any atom is 0.151 e. The first kappa shape index (κ1) is 14.7. The molecule has 2 aromatic rings. The molecule has 116 valence electrons. The van der Waals surface area contributed by atoms with Gasteiger partial charge in [-0.15, -0.1) is 10.2 Å². The second kappa shape index (κ2) is 6.70. The molecule has 6 heteroatoms. The number of hydrogen-bond acceptors (Lipinski definition) is 6. The van der Waals surface area contributed by atoms with Crippen molar-refractivity contribution >= 4 is 11.6 Å². The molecule has 0 spiro atoms. The Bertz CT molecular complexity index is 575. The van der Waals surface area contributed by atoms with E-state index in [1.807, 2.05) is 43.4 Å². The minimum absolute atomic E-state index is 0.887. The average Bonchev–Trinajstić information content (AvgIpc) is 2.57. The lowest BCUT2D eigenvalue weighted by Crippen LogP contribution is -2.46. The first-order valence-corrected chi connectivity index (χ1v) is 7.60. The van der Waals surface area contributed by atoms with E-state index < -0.39 is 0 Å². The standard InChI is InChI=1S/C16H22N6/c1-20(2)15-6-7-16(19-18-15)22-11-9-21(10-12-22)13-14-5-3-4-8-17-14/h3-8H,9-13H2,1-2H3. The summed E-state index contributed by atoms with van der Waals surface area (Å²) >= 11 is 0. The predicted octanol–water partition coefficient (Wildman–Crippen LogP) is 1.26. The van der Waals surface area contributed by atoms with Gasteiger partial charge >= 0.3 is 0 Å². The Hall–Kier alpha value is -2.21. The molecule has 3 rings (SSSR count). The van der Waals surface area contributed by atoms with E-state index in [0.717, 1.165) is 50.1 Å². The Morgan fingerprint density at radius 1 is 1.00 bits per heavy atom. The Morgan fingerprint density at radius 2 is 1.82 bits per heavy atom. The van der Waals surface area contributed by atoms with Crippen LogP contribution in [0, 0.1) is 0 Å². The summed E-state index contributed by atoms with van der Waals surface area (Å²) in [4.78, 5) is 11.1. The second-order valence-corrected chi connectivity index (χ2v) is 5.73. The molecule has 0 saturated carbocycles. The minimum atomic E-state index is 0.887. The van der Waals surface area contributed by atoms with E-state index in [2.05, 4.69) is 37.1 Å². The van der Waals surface area contributed by atoms with Crippen molar-refractivity contribution < 1.29 is 0 Å². The third-order valence-corrected chi connectivity index (χ3v) is 3.90. The van der Waals surface area contributed by atoms with Crippen molar-refractivity contribution in [1.82, 2.24) is 20.1 Å². The van der Waals surface area contributed by atoms with Crippen molar-refractivity contribution in [3.63, 3.8) is 0 Å². The molecule has 22 heavy (non-hydrogen) atoms. The summed E-state index contributed by atoms with van der Waals surface area (Å²) in [6.07, 6.45) is 1.85. The molecule has 1 aliphatic rings. The smallest absolute Gasteiger partial charge is 0.151 e. The summed E-state index contributed by atoms with van der Waals surface area (Å²) in [5.74, 6) is 1.85. The normalized spacial score (nSPS) is 15.8. The molecule has 0 N–H and O–H groups in total. The van der Waals surface area contributed by atoms with Crippen molar-refractivity contribution in [3.05, 3.63) is 42.2 Å². The summed E-state index contributed by atoms with van der Waals surface area (Å²) in [5.41, 5.74) is 1.13. The quantitative estimate of drug-likeness (QED) is 0.847. The Kier molecular flexibility index (Phi) is 4.48. The van der Waals surface area contributed by atoms with E-state index in [1.54, 1.807) is 0 Å². The lowest BCUT2D eigenvalue weighted by atomic mass is 10.2. The first-order valence-electron chi connectivity index (χ1n) is 7.60. The molecule has 0 aliphatic carbocycles. The van der Waals surface area contributed by atoms with Crippen molar-refractivity contribution in [2.75, 3.05) is 50.1 Å². The third-order valence-electron chi connectivity index (χ3n) is 3.90. The molecule has 0 unspecified atom stereocenters. The van der Waals surface area contributed by atoms with Crippen LogP contribution in [0.4, 0.5) is 11.6 Å². The maximum atomic E-state index is 4.39. The first-order chi connectivity index (χ1) is 10.7. The highest BCUT2D eigenvalue weighted by atomic mass is 15.3. The van der Waals surface area contributed by atoms with Crippen LogP contribution >= 0.6 is 0 Å². The van der Waals surface area contributed by atoms with Gasteiger partial charge in [0.15, 0.2) is 11.6 Å². The molecule has 0 amide bonds. The van der Waals surface area contributed by atoms with Gasteiger partial charge in [0.05, 0.1) is 5.69 Å². The van der Waals surface area contributed by atoms with E-state index in [4.69, 9.17) is 0 Å². The minimum Gasteiger partial charge on any atom is -0.361 e.